The molecule has 4 nitrogen and oxygen atoms in total. The quantitative estimate of drug-likeness (QED) is 0.580. The molecule has 1 aromatic heterocycles. The van der Waals surface area contributed by atoms with E-state index in [9.17, 15) is 4.79 Å². The van der Waals surface area contributed by atoms with Crippen LogP contribution in [0.25, 0.3) is 6.08 Å². The Morgan fingerprint density at radius 1 is 1.62 bits per heavy atom. The number of methoxy groups -OCH3 is 1. The molecule has 0 aliphatic heterocycles. The first kappa shape index (κ1) is 12.4. The maximum atomic E-state index is 11.3. The lowest BCUT2D eigenvalue weighted by atomic mass is 10.2. The minimum atomic E-state index is -0.0973. The van der Waals surface area contributed by atoms with Gasteiger partial charge in [-0.25, -0.2) is 0 Å². The number of carbonyl (C=O) groups is 1. The molecule has 0 aliphatic rings. The lowest BCUT2D eigenvalue weighted by Crippen LogP contribution is -2.22. The molecule has 0 saturated carbocycles. The molecule has 0 saturated heterocycles. The van der Waals surface area contributed by atoms with Crippen LogP contribution in [-0.4, -0.2) is 31.2 Å². The monoisotopic (exact) mass is 220 g/mol. The molecule has 0 fully saturated rings. The van der Waals surface area contributed by atoms with Gasteiger partial charge in [-0.2, -0.15) is 0 Å². The number of nitrogens with zero attached hydrogens (tertiary/aromatic N) is 1. The molecule has 1 heterocycles. The smallest absolute Gasteiger partial charge is 0.244 e. The van der Waals surface area contributed by atoms with Gasteiger partial charge in [-0.15, -0.1) is 0 Å². The van der Waals surface area contributed by atoms with E-state index in [4.69, 9.17) is 4.74 Å². The highest BCUT2D eigenvalue weighted by atomic mass is 16.5. The molecular formula is C12H16N2O2. The number of carbonyl (C=O) groups excluding carboxylic acids is 1. The molecule has 0 aromatic carbocycles. The average Bonchev–Trinajstić information content (AvgIpc) is 2.33. The summed E-state index contributed by atoms with van der Waals surface area (Å²) in [4.78, 5) is 15.3. The van der Waals surface area contributed by atoms with Crippen molar-refractivity contribution >= 4 is 12.0 Å². The van der Waals surface area contributed by atoms with Crippen molar-refractivity contribution in [3.05, 3.63) is 36.2 Å². The largest absolute Gasteiger partial charge is 0.385 e. The highest BCUT2D eigenvalue weighted by Crippen LogP contribution is 1.97. The summed E-state index contributed by atoms with van der Waals surface area (Å²) in [5, 5.41) is 2.76. The first-order valence-corrected chi connectivity index (χ1v) is 5.18. The van der Waals surface area contributed by atoms with E-state index in [2.05, 4.69) is 10.3 Å². The van der Waals surface area contributed by atoms with Crippen LogP contribution in [0.3, 0.4) is 0 Å². The third kappa shape index (κ3) is 5.26. The Bertz CT molecular complexity index is 336. The van der Waals surface area contributed by atoms with Crippen molar-refractivity contribution in [1.82, 2.24) is 10.3 Å². The van der Waals surface area contributed by atoms with Crippen molar-refractivity contribution in [3.63, 3.8) is 0 Å². The van der Waals surface area contributed by atoms with E-state index in [1.807, 2.05) is 12.1 Å². The van der Waals surface area contributed by atoms with E-state index >= 15 is 0 Å². The Morgan fingerprint density at radius 2 is 2.50 bits per heavy atom. The third-order valence-corrected chi connectivity index (χ3v) is 1.94. The van der Waals surface area contributed by atoms with Gasteiger partial charge in [0.25, 0.3) is 0 Å². The fourth-order valence-electron chi connectivity index (χ4n) is 1.13. The highest BCUT2D eigenvalue weighted by molar-refractivity contribution is 5.91. The van der Waals surface area contributed by atoms with Crippen LogP contribution < -0.4 is 5.32 Å². The van der Waals surface area contributed by atoms with Gasteiger partial charge < -0.3 is 10.1 Å². The first-order chi connectivity index (χ1) is 7.83. The summed E-state index contributed by atoms with van der Waals surface area (Å²) in [6.07, 6.45) is 7.46. The van der Waals surface area contributed by atoms with Gasteiger partial charge in [0.1, 0.15) is 0 Å². The number of nitrogens with one attached hydrogen (secondary N) is 1. The molecule has 0 aliphatic carbocycles. The predicted octanol–water partition coefficient (Wildman–Crippen LogP) is 1.25. The Balaban J connectivity index is 2.26. The number of amides is 1. The number of pyridine rings is 1. The van der Waals surface area contributed by atoms with Crippen LogP contribution in [0.4, 0.5) is 0 Å². The number of aromatic nitrogens is 1. The topological polar surface area (TPSA) is 51.2 Å². The fraction of sp³-hybridized carbons (Fsp3) is 0.333. The second kappa shape index (κ2) is 7.59. The summed E-state index contributed by atoms with van der Waals surface area (Å²) in [5.74, 6) is -0.0973. The van der Waals surface area contributed by atoms with E-state index in [0.717, 1.165) is 12.0 Å². The van der Waals surface area contributed by atoms with Crippen LogP contribution >= 0.6 is 0 Å². The molecule has 0 unspecified atom stereocenters. The van der Waals surface area contributed by atoms with Gasteiger partial charge in [0.15, 0.2) is 0 Å². The Labute approximate surface area is 95.3 Å². The molecule has 0 radical (unpaired) electrons. The number of ether oxygens (including phenoxy) is 1. The van der Waals surface area contributed by atoms with Gasteiger partial charge in [-0.1, -0.05) is 6.07 Å². The van der Waals surface area contributed by atoms with Crippen molar-refractivity contribution in [2.24, 2.45) is 0 Å². The molecule has 1 aromatic rings. The zero-order chi connectivity index (χ0) is 11.6. The van der Waals surface area contributed by atoms with Crippen molar-refractivity contribution in [2.75, 3.05) is 20.3 Å². The van der Waals surface area contributed by atoms with Crippen LogP contribution in [-0.2, 0) is 9.53 Å². The van der Waals surface area contributed by atoms with E-state index in [-0.39, 0.29) is 5.91 Å². The van der Waals surface area contributed by atoms with E-state index in [1.54, 1.807) is 25.6 Å². The third-order valence-electron chi connectivity index (χ3n) is 1.94. The van der Waals surface area contributed by atoms with Gasteiger partial charge in [0.2, 0.25) is 5.91 Å². The maximum Gasteiger partial charge on any atom is 0.244 e. The van der Waals surface area contributed by atoms with Crippen molar-refractivity contribution < 1.29 is 9.53 Å². The van der Waals surface area contributed by atoms with Crippen LogP contribution in [0.1, 0.15) is 12.0 Å². The van der Waals surface area contributed by atoms with Gasteiger partial charge in [0.05, 0.1) is 0 Å². The Hall–Kier alpha value is -1.68. The maximum absolute atomic E-state index is 11.3. The summed E-state index contributed by atoms with van der Waals surface area (Å²) in [7, 11) is 1.64. The number of hydrogen-bond acceptors (Lipinski definition) is 3. The lowest BCUT2D eigenvalue weighted by Gasteiger charge is -2.00. The van der Waals surface area contributed by atoms with Gasteiger partial charge in [-0.05, 0) is 24.1 Å². The second-order valence-electron chi connectivity index (χ2n) is 3.26. The Morgan fingerprint density at radius 3 is 3.19 bits per heavy atom. The second-order valence-corrected chi connectivity index (χ2v) is 3.26. The molecule has 0 bridgehead atoms. The number of rotatable bonds is 6. The lowest BCUT2D eigenvalue weighted by molar-refractivity contribution is -0.116. The molecule has 86 valence electrons. The molecule has 1 N–H and O–H groups in total. The SMILES string of the molecule is COCCCNC(=O)/C=C/c1cccnc1. The standard InChI is InChI=1S/C12H16N2O2/c1-16-9-3-8-14-12(15)6-5-11-4-2-7-13-10-11/h2,4-7,10H,3,8-9H2,1H3,(H,14,15)/b6-5+. The van der Waals surface area contributed by atoms with Gasteiger partial charge >= 0.3 is 0 Å². The summed E-state index contributed by atoms with van der Waals surface area (Å²) >= 11 is 0. The van der Waals surface area contributed by atoms with Crippen molar-refractivity contribution in [2.45, 2.75) is 6.42 Å². The van der Waals surface area contributed by atoms with Gasteiger partial charge in [0, 0.05) is 38.7 Å². The van der Waals surface area contributed by atoms with Crippen LogP contribution in [0.15, 0.2) is 30.6 Å². The van der Waals surface area contributed by atoms with Gasteiger partial charge in [-0.3, -0.25) is 9.78 Å². The summed E-state index contributed by atoms with van der Waals surface area (Å²) in [6, 6.07) is 3.72. The molecular weight excluding hydrogens is 204 g/mol. The molecule has 0 spiro atoms. The fourth-order valence-corrected chi connectivity index (χ4v) is 1.13. The molecule has 4 heteroatoms. The summed E-state index contributed by atoms with van der Waals surface area (Å²) in [5.41, 5.74) is 0.912. The molecule has 1 amide bonds. The van der Waals surface area contributed by atoms with E-state index < -0.39 is 0 Å². The normalized spacial score (nSPS) is 10.6. The molecule has 0 atom stereocenters. The minimum Gasteiger partial charge on any atom is -0.385 e. The Kier molecular flexibility index (Phi) is 5.88. The molecule has 1 rings (SSSR count). The van der Waals surface area contributed by atoms with Crippen LogP contribution in [0, 0.1) is 0 Å². The predicted molar refractivity (Wildman–Crippen MR) is 62.8 cm³/mol. The van der Waals surface area contributed by atoms with Crippen LogP contribution in [0.5, 0.6) is 0 Å². The molecule has 16 heavy (non-hydrogen) atoms. The minimum absolute atomic E-state index is 0.0973. The zero-order valence-corrected chi connectivity index (χ0v) is 9.35. The first-order valence-electron chi connectivity index (χ1n) is 5.18. The summed E-state index contributed by atoms with van der Waals surface area (Å²) in [6.45, 7) is 1.29. The number of hydrogen-bond donors (Lipinski definition) is 1. The van der Waals surface area contributed by atoms with Crippen LogP contribution in [0.2, 0.25) is 0 Å². The van der Waals surface area contributed by atoms with Crippen molar-refractivity contribution in [3.8, 4) is 0 Å². The van der Waals surface area contributed by atoms with E-state index in [0.29, 0.717) is 13.2 Å². The van der Waals surface area contributed by atoms with Crippen molar-refractivity contribution in [1.29, 1.82) is 0 Å². The zero-order valence-electron chi connectivity index (χ0n) is 9.35. The average molecular weight is 220 g/mol. The van der Waals surface area contributed by atoms with E-state index in [1.165, 1.54) is 6.08 Å². The highest BCUT2D eigenvalue weighted by Gasteiger charge is 1.94. The summed E-state index contributed by atoms with van der Waals surface area (Å²) < 4.78 is 4.88.